The average Bonchev–Trinajstić information content (AvgIpc) is 2.41. The van der Waals surface area contributed by atoms with Crippen LogP contribution in [0.3, 0.4) is 0 Å². The lowest BCUT2D eigenvalue weighted by molar-refractivity contribution is -0.480. The lowest BCUT2D eigenvalue weighted by atomic mass is 9.85. The molecule has 92 valence electrons. The highest BCUT2D eigenvalue weighted by Crippen LogP contribution is 2.45. The van der Waals surface area contributed by atoms with Crippen molar-refractivity contribution in [2.75, 3.05) is 19.8 Å². The van der Waals surface area contributed by atoms with Crippen molar-refractivity contribution in [1.82, 2.24) is 0 Å². The van der Waals surface area contributed by atoms with Gasteiger partial charge in [0.25, 0.3) is 0 Å². The lowest BCUT2D eigenvalue weighted by Gasteiger charge is -2.51. The molecule has 3 nitrogen and oxygen atoms in total. The van der Waals surface area contributed by atoms with Crippen molar-refractivity contribution >= 4 is 11.6 Å². The molecule has 0 aliphatic carbocycles. The second kappa shape index (κ2) is 3.95. The monoisotopic (exact) mass is 254 g/mol. The molecule has 2 bridgehead atoms. The fourth-order valence-corrected chi connectivity index (χ4v) is 2.33. The Morgan fingerprint density at radius 3 is 2.06 bits per heavy atom. The van der Waals surface area contributed by atoms with Gasteiger partial charge in [0.1, 0.15) is 0 Å². The van der Waals surface area contributed by atoms with E-state index in [9.17, 15) is 0 Å². The molecule has 17 heavy (non-hydrogen) atoms. The Morgan fingerprint density at radius 2 is 1.59 bits per heavy atom. The smallest absolute Gasteiger partial charge is 0.312 e. The van der Waals surface area contributed by atoms with Crippen LogP contribution < -0.4 is 0 Å². The number of ether oxygens (including phenoxy) is 3. The first-order valence-corrected chi connectivity index (χ1v) is 6.24. The molecule has 3 aliphatic heterocycles. The van der Waals surface area contributed by atoms with Gasteiger partial charge in [0.2, 0.25) is 0 Å². The highest BCUT2D eigenvalue weighted by atomic mass is 35.5. The highest BCUT2D eigenvalue weighted by molar-refractivity contribution is 6.30. The molecule has 0 N–H and O–H groups in total. The van der Waals surface area contributed by atoms with E-state index in [4.69, 9.17) is 25.8 Å². The van der Waals surface area contributed by atoms with Crippen LogP contribution in [-0.2, 0) is 20.2 Å². The van der Waals surface area contributed by atoms with E-state index in [2.05, 4.69) is 6.92 Å². The molecule has 1 aromatic rings. The summed E-state index contributed by atoms with van der Waals surface area (Å²) in [7, 11) is 0. The largest absolute Gasteiger partial charge is 0.323 e. The van der Waals surface area contributed by atoms with E-state index < -0.39 is 5.97 Å². The maximum atomic E-state index is 5.87. The Hall–Kier alpha value is -0.610. The Labute approximate surface area is 106 Å². The summed E-state index contributed by atoms with van der Waals surface area (Å²) >= 11 is 5.87. The topological polar surface area (TPSA) is 27.7 Å². The van der Waals surface area contributed by atoms with Gasteiger partial charge in [-0.1, -0.05) is 18.5 Å². The molecular weight excluding hydrogens is 240 g/mol. The second-order valence-corrected chi connectivity index (χ2v) is 5.22. The average molecular weight is 255 g/mol. The Kier molecular flexibility index (Phi) is 2.67. The lowest BCUT2D eigenvalue weighted by Crippen LogP contribution is -2.58. The second-order valence-electron chi connectivity index (χ2n) is 4.78. The van der Waals surface area contributed by atoms with Crippen molar-refractivity contribution in [2.45, 2.75) is 19.3 Å². The normalized spacial score (nSPS) is 36.1. The molecule has 1 aromatic carbocycles. The molecule has 4 rings (SSSR count). The first-order valence-electron chi connectivity index (χ1n) is 5.86. The molecule has 4 heteroatoms. The van der Waals surface area contributed by atoms with Gasteiger partial charge in [0.15, 0.2) is 0 Å². The minimum absolute atomic E-state index is 0.0359. The molecule has 0 saturated carbocycles. The van der Waals surface area contributed by atoms with Crippen LogP contribution in [0.25, 0.3) is 0 Å². The minimum atomic E-state index is -1.01. The summed E-state index contributed by atoms with van der Waals surface area (Å²) in [4.78, 5) is 0. The van der Waals surface area contributed by atoms with Crippen molar-refractivity contribution < 1.29 is 14.2 Å². The molecule has 0 aromatic heterocycles. The van der Waals surface area contributed by atoms with E-state index in [1.54, 1.807) is 0 Å². The molecule has 0 spiro atoms. The number of benzene rings is 1. The SMILES string of the molecule is CCC12COC(c3ccc(Cl)cc3)(OC1)OC2. The van der Waals surface area contributed by atoms with Crippen molar-refractivity contribution in [2.24, 2.45) is 5.41 Å². The number of hydrogen-bond donors (Lipinski definition) is 0. The Morgan fingerprint density at radius 1 is 1.06 bits per heavy atom. The van der Waals surface area contributed by atoms with Crippen molar-refractivity contribution in [3.05, 3.63) is 34.9 Å². The summed E-state index contributed by atoms with van der Waals surface area (Å²) in [5.74, 6) is -1.01. The summed E-state index contributed by atoms with van der Waals surface area (Å²) in [5.41, 5.74) is 0.903. The maximum absolute atomic E-state index is 5.87. The Bertz CT molecular complexity index is 391. The first-order chi connectivity index (χ1) is 8.18. The van der Waals surface area contributed by atoms with E-state index in [0.717, 1.165) is 12.0 Å². The maximum Gasteiger partial charge on any atom is 0.312 e. The van der Waals surface area contributed by atoms with Gasteiger partial charge in [-0.15, -0.1) is 0 Å². The van der Waals surface area contributed by atoms with Crippen LogP contribution in [-0.4, -0.2) is 19.8 Å². The third-order valence-corrected chi connectivity index (χ3v) is 3.90. The van der Waals surface area contributed by atoms with Gasteiger partial charge in [-0.3, -0.25) is 0 Å². The first kappa shape index (κ1) is 11.5. The van der Waals surface area contributed by atoms with Crippen LogP contribution in [0, 0.1) is 5.41 Å². The van der Waals surface area contributed by atoms with Gasteiger partial charge in [-0.05, 0) is 30.7 Å². The zero-order chi connectivity index (χ0) is 11.9. The standard InChI is InChI=1S/C13H15ClO3/c1-2-12-7-15-13(16-8-12,17-9-12)10-3-5-11(14)6-4-10/h3-6H,2,7-9H2,1H3. The summed E-state index contributed by atoms with van der Waals surface area (Å²) in [6.45, 7) is 4.20. The van der Waals surface area contributed by atoms with Crippen LogP contribution in [0.15, 0.2) is 24.3 Å². The number of fused-ring (bicyclic) bond motifs is 3. The Balaban J connectivity index is 1.88. The summed E-state index contributed by atoms with van der Waals surface area (Å²) < 4.78 is 17.4. The third kappa shape index (κ3) is 1.78. The van der Waals surface area contributed by atoms with Crippen molar-refractivity contribution in [3.8, 4) is 0 Å². The molecular formula is C13H15ClO3. The van der Waals surface area contributed by atoms with Gasteiger partial charge < -0.3 is 14.2 Å². The van der Waals surface area contributed by atoms with E-state index in [0.29, 0.717) is 24.8 Å². The van der Waals surface area contributed by atoms with Gasteiger partial charge in [-0.25, -0.2) is 0 Å². The molecule has 3 heterocycles. The zero-order valence-electron chi connectivity index (χ0n) is 9.74. The van der Waals surface area contributed by atoms with E-state index in [1.165, 1.54) is 0 Å². The number of rotatable bonds is 2. The van der Waals surface area contributed by atoms with Crippen molar-refractivity contribution in [1.29, 1.82) is 0 Å². The summed E-state index contributed by atoms with van der Waals surface area (Å²) in [5, 5.41) is 0.694. The van der Waals surface area contributed by atoms with Crippen LogP contribution in [0.5, 0.6) is 0 Å². The predicted molar refractivity (Wildman–Crippen MR) is 63.7 cm³/mol. The molecule has 0 amide bonds. The quantitative estimate of drug-likeness (QED) is 0.812. The van der Waals surface area contributed by atoms with Gasteiger partial charge in [0.05, 0.1) is 19.8 Å². The minimum Gasteiger partial charge on any atom is -0.323 e. The van der Waals surface area contributed by atoms with Crippen molar-refractivity contribution in [3.63, 3.8) is 0 Å². The summed E-state index contributed by atoms with van der Waals surface area (Å²) in [6.07, 6.45) is 1.00. The third-order valence-electron chi connectivity index (χ3n) is 3.65. The number of halogens is 1. The highest BCUT2D eigenvalue weighted by Gasteiger charge is 2.52. The van der Waals surface area contributed by atoms with Gasteiger partial charge >= 0.3 is 5.97 Å². The fraction of sp³-hybridized carbons (Fsp3) is 0.538. The zero-order valence-corrected chi connectivity index (χ0v) is 10.5. The van der Waals surface area contributed by atoms with Gasteiger partial charge in [-0.2, -0.15) is 0 Å². The number of hydrogen-bond acceptors (Lipinski definition) is 3. The molecule has 3 fully saturated rings. The van der Waals surface area contributed by atoms with E-state index >= 15 is 0 Å². The molecule has 3 aliphatic rings. The van der Waals surface area contributed by atoms with E-state index in [1.807, 2.05) is 24.3 Å². The molecule has 3 saturated heterocycles. The molecule has 0 radical (unpaired) electrons. The van der Waals surface area contributed by atoms with Crippen LogP contribution in [0.4, 0.5) is 0 Å². The van der Waals surface area contributed by atoms with Crippen LogP contribution >= 0.6 is 11.6 Å². The predicted octanol–water partition coefficient (Wildman–Crippen LogP) is 2.92. The van der Waals surface area contributed by atoms with E-state index in [-0.39, 0.29) is 5.41 Å². The summed E-state index contributed by atoms with van der Waals surface area (Å²) in [6, 6.07) is 7.40. The van der Waals surface area contributed by atoms with Gasteiger partial charge in [0, 0.05) is 16.0 Å². The molecule has 0 atom stereocenters. The van der Waals surface area contributed by atoms with Crippen LogP contribution in [0.2, 0.25) is 5.02 Å². The molecule has 0 unspecified atom stereocenters. The van der Waals surface area contributed by atoms with Crippen LogP contribution in [0.1, 0.15) is 18.9 Å². The fourth-order valence-electron chi connectivity index (χ4n) is 2.20.